The molecule has 2 rings (SSSR count). The fourth-order valence-corrected chi connectivity index (χ4v) is 1.92. The third-order valence-electron chi connectivity index (χ3n) is 1.72. The van der Waals surface area contributed by atoms with E-state index < -0.39 is 5.82 Å². The van der Waals surface area contributed by atoms with Crippen LogP contribution in [-0.4, -0.2) is 12.0 Å². The Labute approximate surface area is 78.4 Å². The SMILES string of the molecule is CNc1nc2cc(F)c(N)cc2s1. The summed E-state index contributed by atoms with van der Waals surface area (Å²) in [6, 6.07) is 2.95. The summed E-state index contributed by atoms with van der Waals surface area (Å²) in [5.74, 6) is -0.416. The van der Waals surface area contributed by atoms with Gasteiger partial charge in [-0.1, -0.05) is 11.3 Å². The van der Waals surface area contributed by atoms with Crippen molar-refractivity contribution in [2.45, 2.75) is 0 Å². The fourth-order valence-electron chi connectivity index (χ4n) is 1.07. The molecular weight excluding hydrogens is 189 g/mol. The van der Waals surface area contributed by atoms with Crippen LogP contribution in [0.15, 0.2) is 12.1 Å². The number of rotatable bonds is 1. The van der Waals surface area contributed by atoms with Crippen LogP contribution in [0.4, 0.5) is 15.2 Å². The minimum Gasteiger partial charge on any atom is -0.396 e. The number of nitrogens with zero attached hydrogens (tertiary/aromatic N) is 1. The van der Waals surface area contributed by atoms with Gasteiger partial charge < -0.3 is 11.1 Å². The summed E-state index contributed by atoms with van der Waals surface area (Å²) in [5, 5.41) is 3.66. The minimum atomic E-state index is -0.416. The number of nitrogens with one attached hydrogen (secondary N) is 1. The highest BCUT2D eigenvalue weighted by molar-refractivity contribution is 7.22. The van der Waals surface area contributed by atoms with E-state index in [1.165, 1.54) is 17.4 Å². The normalized spacial score (nSPS) is 10.6. The van der Waals surface area contributed by atoms with Crippen molar-refractivity contribution < 1.29 is 4.39 Å². The number of hydrogen-bond acceptors (Lipinski definition) is 4. The van der Waals surface area contributed by atoms with E-state index in [2.05, 4.69) is 10.3 Å². The first-order chi connectivity index (χ1) is 6.20. The van der Waals surface area contributed by atoms with Gasteiger partial charge in [-0.25, -0.2) is 9.37 Å². The van der Waals surface area contributed by atoms with Crippen molar-refractivity contribution in [1.29, 1.82) is 0 Å². The molecule has 13 heavy (non-hydrogen) atoms. The number of halogens is 1. The van der Waals surface area contributed by atoms with E-state index in [9.17, 15) is 4.39 Å². The van der Waals surface area contributed by atoms with Crippen LogP contribution >= 0.6 is 11.3 Å². The van der Waals surface area contributed by atoms with E-state index in [-0.39, 0.29) is 5.69 Å². The number of aromatic nitrogens is 1. The molecule has 5 heteroatoms. The van der Waals surface area contributed by atoms with E-state index in [1.54, 1.807) is 13.1 Å². The molecular formula is C8H8FN3S. The van der Waals surface area contributed by atoms with Crippen LogP contribution in [0, 0.1) is 5.82 Å². The van der Waals surface area contributed by atoms with Crippen molar-refractivity contribution in [3.8, 4) is 0 Å². The lowest BCUT2D eigenvalue weighted by molar-refractivity contribution is 0.634. The average molecular weight is 197 g/mol. The van der Waals surface area contributed by atoms with Crippen LogP contribution in [0.1, 0.15) is 0 Å². The molecule has 0 radical (unpaired) electrons. The van der Waals surface area contributed by atoms with Crippen molar-refractivity contribution in [2.24, 2.45) is 0 Å². The molecule has 0 saturated heterocycles. The highest BCUT2D eigenvalue weighted by Crippen LogP contribution is 2.28. The van der Waals surface area contributed by atoms with Gasteiger partial charge in [0, 0.05) is 13.1 Å². The van der Waals surface area contributed by atoms with E-state index in [0.717, 1.165) is 9.83 Å². The number of fused-ring (bicyclic) bond motifs is 1. The van der Waals surface area contributed by atoms with Gasteiger partial charge in [0.05, 0.1) is 15.9 Å². The Bertz CT molecular complexity index is 413. The summed E-state index contributed by atoms with van der Waals surface area (Å²) in [6.45, 7) is 0. The van der Waals surface area contributed by atoms with Gasteiger partial charge in [0.1, 0.15) is 5.82 Å². The first-order valence-corrected chi connectivity index (χ1v) is 4.55. The highest BCUT2D eigenvalue weighted by atomic mass is 32.1. The summed E-state index contributed by atoms with van der Waals surface area (Å²) >= 11 is 1.45. The van der Waals surface area contributed by atoms with E-state index >= 15 is 0 Å². The molecule has 3 N–H and O–H groups in total. The number of hydrogen-bond donors (Lipinski definition) is 2. The minimum absolute atomic E-state index is 0.166. The van der Waals surface area contributed by atoms with Crippen LogP contribution in [0.5, 0.6) is 0 Å². The Morgan fingerprint density at radius 1 is 1.54 bits per heavy atom. The molecule has 68 valence electrons. The molecule has 0 spiro atoms. The monoisotopic (exact) mass is 197 g/mol. The zero-order chi connectivity index (χ0) is 9.42. The molecule has 1 aromatic carbocycles. The summed E-state index contributed by atoms with van der Waals surface area (Å²) in [7, 11) is 1.78. The molecule has 1 aromatic heterocycles. The quantitative estimate of drug-likeness (QED) is 0.688. The number of nitrogen functional groups attached to an aromatic ring is 1. The second-order valence-electron chi connectivity index (χ2n) is 2.61. The van der Waals surface area contributed by atoms with Crippen molar-refractivity contribution in [3.63, 3.8) is 0 Å². The maximum absolute atomic E-state index is 13.0. The third-order valence-corrected chi connectivity index (χ3v) is 2.76. The molecule has 0 unspecified atom stereocenters. The van der Waals surface area contributed by atoms with Gasteiger partial charge in [-0.15, -0.1) is 0 Å². The fraction of sp³-hybridized carbons (Fsp3) is 0.125. The Morgan fingerprint density at radius 2 is 2.31 bits per heavy atom. The summed E-state index contributed by atoms with van der Waals surface area (Å²) in [5.41, 5.74) is 6.23. The maximum atomic E-state index is 13.0. The summed E-state index contributed by atoms with van der Waals surface area (Å²) < 4.78 is 13.9. The number of nitrogens with two attached hydrogens (primary N) is 1. The lowest BCUT2D eigenvalue weighted by Gasteiger charge is -1.93. The Kier molecular flexibility index (Phi) is 1.81. The maximum Gasteiger partial charge on any atom is 0.183 e. The lowest BCUT2D eigenvalue weighted by atomic mass is 10.3. The third kappa shape index (κ3) is 1.31. The van der Waals surface area contributed by atoms with Crippen LogP contribution in [0.25, 0.3) is 10.2 Å². The topological polar surface area (TPSA) is 50.9 Å². The molecule has 0 atom stereocenters. The highest BCUT2D eigenvalue weighted by Gasteiger charge is 2.06. The Morgan fingerprint density at radius 3 is 3.00 bits per heavy atom. The van der Waals surface area contributed by atoms with Gasteiger partial charge >= 0.3 is 0 Å². The summed E-state index contributed by atoms with van der Waals surface area (Å²) in [4.78, 5) is 4.14. The molecule has 0 fully saturated rings. The number of thiazole rings is 1. The Hall–Kier alpha value is -1.36. The first kappa shape index (κ1) is 8.25. The van der Waals surface area contributed by atoms with Gasteiger partial charge in [0.2, 0.25) is 0 Å². The smallest absolute Gasteiger partial charge is 0.183 e. The van der Waals surface area contributed by atoms with E-state index in [4.69, 9.17) is 5.73 Å². The van der Waals surface area contributed by atoms with Crippen molar-refractivity contribution >= 4 is 32.4 Å². The zero-order valence-electron chi connectivity index (χ0n) is 6.97. The van der Waals surface area contributed by atoms with Crippen LogP contribution < -0.4 is 11.1 Å². The predicted molar refractivity (Wildman–Crippen MR) is 53.5 cm³/mol. The first-order valence-electron chi connectivity index (χ1n) is 3.74. The number of anilines is 2. The van der Waals surface area contributed by atoms with Crippen molar-refractivity contribution in [3.05, 3.63) is 17.9 Å². The summed E-state index contributed by atoms with van der Waals surface area (Å²) in [6.07, 6.45) is 0. The van der Waals surface area contributed by atoms with Gasteiger partial charge in [0.15, 0.2) is 5.13 Å². The van der Waals surface area contributed by atoms with Crippen LogP contribution in [-0.2, 0) is 0 Å². The van der Waals surface area contributed by atoms with Crippen molar-refractivity contribution in [1.82, 2.24) is 4.98 Å². The molecule has 1 heterocycles. The largest absolute Gasteiger partial charge is 0.396 e. The molecule has 0 bridgehead atoms. The van der Waals surface area contributed by atoms with Gasteiger partial charge in [-0.05, 0) is 6.07 Å². The predicted octanol–water partition coefficient (Wildman–Crippen LogP) is 2.06. The standard InChI is InChI=1S/C8H8FN3S/c1-11-8-12-6-2-4(9)5(10)3-7(6)13-8/h2-3H,10H2,1H3,(H,11,12). The van der Waals surface area contributed by atoms with Gasteiger partial charge in [0.25, 0.3) is 0 Å². The van der Waals surface area contributed by atoms with Crippen molar-refractivity contribution in [2.75, 3.05) is 18.1 Å². The molecule has 0 aliphatic heterocycles. The van der Waals surface area contributed by atoms with Gasteiger partial charge in [-0.3, -0.25) is 0 Å². The average Bonchev–Trinajstić information content (AvgIpc) is 2.48. The number of benzene rings is 1. The van der Waals surface area contributed by atoms with Crippen LogP contribution in [0.3, 0.4) is 0 Å². The Balaban J connectivity index is 2.70. The lowest BCUT2D eigenvalue weighted by Crippen LogP contribution is -1.89. The van der Waals surface area contributed by atoms with E-state index in [0.29, 0.717) is 5.52 Å². The molecule has 0 aliphatic carbocycles. The second kappa shape index (κ2) is 2.85. The van der Waals surface area contributed by atoms with E-state index in [1.807, 2.05) is 0 Å². The molecule has 0 saturated carbocycles. The molecule has 2 aromatic rings. The van der Waals surface area contributed by atoms with Crippen LogP contribution in [0.2, 0.25) is 0 Å². The van der Waals surface area contributed by atoms with Gasteiger partial charge in [-0.2, -0.15) is 0 Å². The zero-order valence-corrected chi connectivity index (χ0v) is 7.78. The molecule has 0 aliphatic rings. The second-order valence-corrected chi connectivity index (χ2v) is 3.64. The molecule has 3 nitrogen and oxygen atoms in total. The molecule has 0 amide bonds.